The second kappa shape index (κ2) is 11.1. The van der Waals surface area contributed by atoms with Crippen LogP contribution in [0.1, 0.15) is 19.4 Å². The van der Waals surface area contributed by atoms with Crippen molar-refractivity contribution in [2.24, 2.45) is 4.99 Å². The van der Waals surface area contributed by atoms with Gasteiger partial charge in [0, 0.05) is 45.8 Å². The number of guanidine groups is 1. The molecule has 2 unspecified atom stereocenters. The van der Waals surface area contributed by atoms with Crippen LogP contribution in [0.2, 0.25) is 0 Å². The molecule has 158 valence electrons. The van der Waals surface area contributed by atoms with E-state index in [0.717, 1.165) is 56.7 Å². The monoisotopic (exact) mass is 392 g/mol. The number of rotatable bonds is 8. The molecule has 0 radical (unpaired) electrons. The second-order valence-electron chi connectivity index (χ2n) is 7.30. The van der Waals surface area contributed by atoms with Gasteiger partial charge in [-0.3, -0.25) is 9.89 Å². The lowest BCUT2D eigenvalue weighted by Gasteiger charge is -2.38. The molecule has 0 bridgehead atoms. The lowest BCUT2D eigenvalue weighted by Crippen LogP contribution is -2.53. The first-order chi connectivity index (χ1) is 13.5. The minimum absolute atomic E-state index is 0.426. The van der Waals surface area contributed by atoms with Crippen LogP contribution in [0.5, 0.6) is 11.5 Å². The molecule has 1 saturated heterocycles. The number of benzene rings is 1. The predicted molar refractivity (Wildman–Crippen MR) is 114 cm³/mol. The minimum atomic E-state index is 0.426. The SMILES string of the molecule is CN=C(NCC(C)N1CCOCC1C)N(C)CCc1ccc(OC)c(OC)c1. The van der Waals surface area contributed by atoms with E-state index in [9.17, 15) is 0 Å². The summed E-state index contributed by atoms with van der Waals surface area (Å²) in [7, 11) is 7.21. The van der Waals surface area contributed by atoms with Gasteiger partial charge >= 0.3 is 0 Å². The van der Waals surface area contributed by atoms with Gasteiger partial charge in [-0.2, -0.15) is 0 Å². The molecule has 1 heterocycles. The van der Waals surface area contributed by atoms with Gasteiger partial charge in [0.05, 0.1) is 27.4 Å². The van der Waals surface area contributed by atoms with Crippen molar-refractivity contribution < 1.29 is 14.2 Å². The fourth-order valence-corrected chi connectivity index (χ4v) is 3.57. The Kier molecular flexibility index (Phi) is 8.86. The lowest BCUT2D eigenvalue weighted by molar-refractivity contribution is -0.0174. The summed E-state index contributed by atoms with van der Waals surface area (Å²) in [6.45, 7) is 8.80. The van der Waals surface area contributed by atoms with Crippen molar-refractivity contribution >= 4 is 5.96 Å². The molecule has 2 atom stereocenters. The van der Waals surface area contributed by atoms with E-state index in [0.29, 0.717) is 12.1 Å². The van der Waals surface area contributed by atoms with Crippen molar-refractivity contribution in [1.29, 1.82) is 0 Å². The van der Waals surface area contributed by atoms with Gasteiger partial charge < -0.3 is 24.4 Å². The number of hydrogen-bond acceptors (Lipinski definition) is 5. The Balaban J connectivity index is 1.85. The number of hydrogen-bond donors (Lipinski definition) is 1. The summed E-state index contributed by atoms with van der Waals surface area (Å²) in [5.74, 6) is 2.43. The van der Waals surface area contributed by atoms with Gasteiger partial charge in [0.25, 0.3) is 0 Å². The first kappa shape index (κ1) is 22.3. The normalized spacial score (nSPS) is 19.2. The zero-order valence-corrected chi connectivity index (χ0v) is 18.2. The number of nitrogens with one attached hydrogen (secondary N) is 1. The fraction of sp³-hybridized carbons (Fsp3) is 0.667. The van der Waals surface area contributed by atoms with Crippen LogP contribution in [-0.2, 0) is 11.2 Å². The molecule has 1 N–H and O–H groups in total. The lowest BCUT2D eigenvalue weighted by atomic mass is 10.1. The molecular formula is C21H36N4O3. The summed E-state index contributed by atoms with van der Waals surface area (Å²) >= 11 is 0. The highest BCUT2D eigenvalue weighted by molar-refractivity contribution is 5.79. The number of likely N-dealkylation sites (N-methyl/N-ethyl adjacent to an activating group) is 1. The summed E-state index contributed by atoms with van der Waals surface area (Å²) in [6.07, 6.45) is 0.896. The van der Waals surface area contributed by atoms with Crippen LogP contribution in [0.25, 0.3) is 0 Å². The van der Waals surface area contributed by atoms with E-state index in [2.05, 4.69) is 47.1 Å². The van der Waals surface area contributed by atoms with E-state index >= 15 is 0 Å². The highest BCUT2D eigenvalue weighted by Crippen LogP contribution is 2.27. The highest BCUT2D eigenvalue weighted by Gasteiger charge is 2.23. The molecule has 28 heavy (non-hydrogen) atoms. The Bertz CT molecular complexity index is 638. The average molecular weight is 393 g/mol. The molecule has 0 spiro atoms. The number of nitrogens with zero attached hydrogens (tertiary/aromatic N) is 3. The fourth-order valence-electron chi connectivity index (χ4n) is 3.57. The molecule has 7 heteroatoms. The largest absolute Gasteiger partial charge is 0.493 e. The third-order valence-corrected chi connectivity index (χ3v) is 5.30. The van der Waals surface area contributed by atoms with Crippen molar-refractivity contribution in [3.8, 4) is 11.5 Å². The van der Waals surface area contributed by atoms with E-state index in [1.165, 1.54) is 5.56 Å². The van der Waals surface area contributed by atoms with Gasteiger partial charge in [0.1, 0.15) is 0 Å². The van der Waals surface area contributed by atoms with Crippen LogP contribution in [0.15, 0.2) is 23.2 Å². The number of morpholine rings is 1. The predicted octanol–water partition coefficient (Wildman–Crippen LogP) is 1.86. The third-order valence-electron chi connectivity index (χ3n) is 5.30. The molecule has 1 aliphatic heterocycles. The highest BCUT2D eigenvalue weighted by atomic mass is 16.5. The molecule has 0 aromatic heterocycles. The van der Waals surface area contributed by atoms with Crippen LogP contribution < -0.4 is 14.8 Å². The number of ether oxygens (including phenoxy) is 3. The maximum atomic E-state index is 5.54. The Labute approximate surface area is 169 Å². The van der Waals surface area contributed by atoms with Crippen LogP contribution in [0.4, 0.5) is 0 Å². The molecule has 1 aliphatic rings. The van der Waals surface area contributed by atoms with Crippen LogP contribution >= 0.6 is 0 Å². The Hall–Kier alpha value is -1.99. The molecule has 1 aromatic carbocycles. The molecule has 7 nitrogen and oxygen atoms in total. The number of aliphatic imine (C=N–C) groups is 1. The van der Waals surface area contributed by atoms with Crippen LogP contribution in [0, 0.1) is 0 Å². The third kappa shape index (κ3) is 6.01. The summed E-state index contributed by atoms with van der Waals surface area (Å²) < 4.78 is 16.2. The molecule has 1 aromatic rings. The molecule has 0 saturated carbocycles. The van der Waals surface area contributed by atoms with E-state index in [1.54, 1.807) is 14.2 Å². The molecule has 2 rings (SSSR count). The topological polar surface area (TPSA) is 58.6 Å². The van der Waals surface area contributed by atoms with E-state index in [-0.39, 0.29) is 0 Å². The smallest absolute Gasteiger partial charge is 0.193 e. The van der Waals surface area contributed by atoms with Crippen molar-refractivity contribution in [3.63, 3.8) is 0 Å². The van der Waals surface area contributed by atoms with Crippen molar-refractivity contribution in [3.05, 3.63) is 23.8 Å². The van der Waals surface area contributed by atoms with E-state index < -0.39 is 0 Å². The average Bonchev–Trinajstić information content (AvgIpc) is 2.72. The van der Waals surface area contributed by atoms with Gasteiger partial charge in [-0.1, -0.05) is 6.07 Å². The molecule has 1 fully saturated rings. The van der Waals surface area contributed by atoms with Gasteiger partial charge in [-0.05, 0) is 38.0 Å². The first-order valence-corrected chi connectivity index (χ1v) is 9.96. The summed E-state index contributed by atoms with van der Waals surface area (Å²) in [6, 6.07) is 6.94. The minimum Gasteiger partial charge on any atom is -0.493 e. The van der Waals surface area contributed by atoms with Gasteiger partial charge in [-0.25, -0.2) is 0 Å². The number of methoxy groups -OCH3 is 2. The Morgan fingerprint density at radius 1 is 1.36 bits per heavy atom. The van der Waals surface area contributed by atoms with E-state index in [4.69, 9.17) is 14.2 Å². The second-order valence-corrected chi connectivity index (χ2v) is 7.30. The summed E-state index contributed by atoms with van der Waals surface area (Å²) in [5, 5.41) is 3.51. The maximum Gasteiger partial charge on any atom is 0.193 e. The molecular weight excluding hydrogens is 356 g/mol. The summed E-state index contributed by atoms with van der Waals surface area (Å²) in [5.41, 5.74) is 1.20. The molecule has 0 aliphatic carbocycles. The summed E-state index contributed by atoms with van der Waals surface area (Å²) in [4.78, 5) is 9.09. The Morgan fingerprint density at radius 3 is 2.75 bits per heavy atom. The van der Waals surface area contributed by atoms with Crippen LogP contribution in [0.3, 0.4) is 0 Å². The van der Waals surface area contributed by atoms with Crippen molar-refractivity contribution in [2.45, 2.75) is 32.4 Å². The van der Waals surface area contributed by atoms with Crippen LogP contribution in [-0.4, -0.2) is 89.0 Å². The Morgan fingerprint density at radius 2 is 2.11 bits per heavy atom. The van der Waals surface area contributed by atoms with Gasteiger partial charge in [-0.15, -0.1) is 0 Å². The zero-order valence-electron chi connectivity index (χ0n) is 18.2. The zero-order chi connectivity index (χ0) is 20.5. The molecule has 0 amide bonds. The van der Waals surface area contributed by atoms with Crippen molar-refractivity contribution in [1.82, 2.24) is 15.1 Å². The quantitative estimate of drug-likeness (QED) is 0.538. The van der Waals surface area contributed by atoms with Crippen molar-refractivity contribution in [2.75, 3.05) is 61.2 Å². The van der Waals surface area contributed by atoms with E-state index in [1.807, 2.05) is 19.2 Å². The maximum absolute atomic E-state index is 5.54. The van der Waals surface area contributed by atoms with Gasteiger partial charge in [0.2, 0.25) is 0 Å². The van der Waals surface area contributed by atoms with Gasteiger partial charge in [0.15, 0.2) is 17.5 Å². The first-order valence-electron chi connectivity index (χ1n) is 9.96. The standard InChI is InChI=1S/C21H36N4O3/c1-16(25-11-12-28-15-17(25)2)14-23-21(22-3)24(4)10-9-18-7-8-19(26-5)20(13-18)27-6/h7-8,13,16-17H,9-12,14-15H2,1-6H3,(H,22,23).